The van der Waals surface area contributed by atoms with Gasteiger partial charge in [0.05, 0.1) is 16.8 Å². The minimum atomic E-state index is -0.456. The Morgan fingerprint density at radius 3 is 1.16 bits per heavy atom. The van der Waals surface area contributed by atoms with Crippen LogP contribution < -0.4 is 0 Å². The molecule has 0 amide bonds. The van der Waals surface area contributed by atoms with Crippen LogP contribution in [0.2, 0.25) is 0 Å². The molecule has 1 spiro atoms. The lowest BCUT2D eigenvalue weighted by molar-refractivity contribution is 0.793. The predicted molar refractivity (Wildman–Crippen MR) is 188 cm³/mol. The van der Waals surface area contributed by atoms with E-state index in [-0.39, 0.29) is 0 Å². The number of aliphatic imine (C=N–C) groups is 2. The van der Waals surface area contributed by atoms with Crippen LogP contribution in [0.1, 0.15) is 55.6 Å². The standard InChI is InChI=1S/C43H34N2/c1-27-13-17-29(18-14-27)41(44-3)31-21-23-35-33-9-5-7-11-37(33)43(39(35)25-31)38-12-8-6-10-34(38)36-24-22-32(26-40(36)43)42(45-4)30-19-15-28(2)16-20-30/h5-26H,1-4H3/b44-41+,45-42+. The number of hydrogen-bond donors (Lipinski definition) is 0. The zero-order chi connectivity index (χ0) is 30.7. The fourth-order valence-corrected chi connectivity index (χ4v) is 7.71. The van der Waals surface area contributed by atoms with E-state index in [0.717, 1.165) is 33.7 Å². The summed E-state index contributed by atoms with van der Waals surface area (Å²) in [6.45, 7) is 4.25. The first-order valence-electron chi connectivity index (χ1n) is 15.6. The Balaban J connectivity index is 1.41. The van der Waals surface area contributed by atoms with Gasteiger partial charge in [-0.2, -0.15) is 0 Å². The summed E-state index contributed by atoms with van der Waals surface area (Å²) in [5.41, 5.74) is 19.0. The van der Waals surface area contributed by atoms with Crippen molar-refractivity contribution >= 4 is 11.4 Å². The third kappa shape index (κ3) is 3.95. The van der Waals surface area contributed by atoms with Crippen molar-refractivity contribution in [1.82, 2.24) is 0 Å². The number of aryl methyl sites for hydroxylation is 2. The van der Waals surface area contributed by atoms with E-state index in [1.165, 1.54) is 55.6 Å². The first-order valence-corrected chi connectivity index (χ1v) is 15.6. The second-order valence-corrected chi connectivity index (χ2v) is 12.2. The van der Waals surface area contributed by atoms with Gasteiger partial charge in [-0.1, -0.05) is 132 Å². The van der Waals surface area contributed by atoms with Gasteiger partial charge in [-0.3, -0.25) is 9.98 Å². The van der Waals surface area contributed by atoms with Crippen molar-refractivity contribution in [1.29, 1.82) is 0 Å². The molecule has 0 fully saturated rings. The predicted octanol–water partition coefficient (Wildman–Crippen LogP) is 9.58. The topological polar surface area (TPSA) is 24.7 Å². The van der Waals surface area contributed by atoms with Crippen molar-refractivity contribution in [2.24, 2.45) is 9.98 Å². The first kappa shape index (κ1) is 27.2. The molecule has 0 heterocycles. The van der Waals surface area contributed by atoms with E-state index in [0.29, 0.717) is 0 Å². The van der Waals surface area contributed by atoms with E-state index in [4.69, 9.17) is 9.98 Å². The molecular formula is C43H34N2. The van der Waals surface area contributed by atoms with Crippen molar-refractivity contribution < 1.29 is 0 Å². The van der Waals surface area contributed by atoms with Crippen LogP contribution in [-0.4, -0.2) is 25.5 Å². The Morgan fingerprint density at radius 1 is 0.400 bits per heavy atom. The molecule has 0 unspecified atom stereocenters. The molecule has 0 bridgehead atoms. The molecule has 0 atom stereocenters. The summed E-state index contributed by atoms with van der Waals surface area (Å²) in [7, 11) is 3.80. The second kappa shape index (κ2) is 10.4. The molecule has 6 aromatic carbocycles. The molecule has 0 saturated carbocycles. The molecule has 2 heteroatoms. The van der Waals surface area contributed by atoms with Gasteiger partial charge in [-0.15, -0.1) is 0 Å². The zero-order valence-electron chi connectivity index (χ0n) is 26.1. The Kier molecular flexibility index (Phi) is 6.28. The molecule has 0 N–H and O–H groups in total. The van der Waals surface area contributed by atoms with Gasteiger partial charge >= 0.3 is 0 Å². The molecule has 6 aromatic rings. The highest BCUT2D eigenvalue weighted by Gasteiger charge is 2.51. The fraction of sp³-hybridized carbons (Fsp3) is 0.116. The van der Waals surface area contributed by atoms with Crippen LogP contribution >= 0.6 is 0 Å². The molecule has 0 aromatic heterocycles. The van der Waals surface area contributed by atoms with Crippen molar-refractivity contribution in [2.45, 2.75) is 19.3 Å². The quantitative estimate of drug-likeness (QED) is 0.186. The highest BCUT2D eigenvalue weighted by atomic mass is 14.7. The van der Waals surface area contributed by atoms with Gasteiger partial charge < -0.3 is 0 Å². The minimum absolute atomic E-state index is 0.456. The van der Waals surface area contributed by atoms with Crippen LogP contribution in [-0.2, 0) is 5.41 Å². The summed E-state index contributed by atoms with van der Waals surface area (Å²) in [6, 6.07) is 49.2. The summed E-state index contributed by atoms with van der Waals surface area (Å²) in [5, 5.41) is 0. The number of hydrogen-bond acceptors (Lipinski definition) is 2. The average Bonchev–Trinajstić information content (AvgIpc) is 3.54. The molecule has 2 aliphatic rings. The average molecular weight is 579 g/mol. The van der Waals surface area contributed by atoms with Gasteiger partial charge in [0.25, 0.3) is 0 Å². The fourth-order valence-electron chi connectivity index (χ4n) is 7.71. The molecule has 8 rings (SSSR count). The van der Waals surface area contributed by atoms with Crippen LogP contribution in [0.5, 0.6) is 0 Å². The zero-order valence-corrected chi connectivity index (χ0v) is 26.1. The highest BCUT2D eigenvalue weighted by Crippen LogP contribution is 2.63. The van der Waals surface area contributed by atoms with Crippen molar-refractivity contribution in [3.05, 3.63) is 189 Å². The van der Waals surface area contributed by atoms with Crippen LogP contribution in [0.15, 0.2) is 143 Å². The summed E-state index contributed by atoms with van der Waals surface area (Å²) >= 11 is 0. The number of nitrogens with zero attached hydrogens (tertiary/aromatic N) is 2. The van der Waals surface area contributed by atoms with Crippen LogP contribution in [0.3, 0.4) is 0 Å². The molecule has 216 valence electrons. The SMILES string of the molecule is C/N=C(\c1ccc(C)cc1)c1ccc2c(c1)C1(c3ccccc3-2)c2ccccc2-c2ccc(/C(=N/C)c3ccc(C)cc3)cc21. The summed E-state index contributed by atoms with van der Waals surface area (Å²) in [6.07, 6.45) is 0. The monoisotopic (exact) mass is 578 g/mol. The molecule has 0 radical (unpaired) electrons. The molecular weight excluding hydrogens is 544 g/mol. The summed E-state index contributed by atoms with van der Waals surface area (Å²) < 4.78 is 0. The Morgan fingerprint density at radius 2 is 0.756 bits per heavy atom. The van der Waals surface area contributed by atoms with Crippen molar-refractivity contribution in [2.75, 3.05) is 14.1 Å². The van der Waals surface area contributed by atoms with Gasteiger partial charge in [-0.25, -0.2) is 0 Å². The molecule has 2 aliphatic carbocycles. The summed E-state index contributed by atoms with van der Waals surface area (Å²) in [5.74, 6) is 0. The third-order valence-corrected chi connectivity index (χ3v) is 9.73. The van der Waals surface area contributed by atoms with E-state index >= 15 is 0 Å². The highest BCUT2D eigenvalue weighted by molar-refractivity contribution is 6.15. The Labute approximate surface area is 265 Å². The number of benzene rings is 6. The van der Waals surface area contributed by atoms with Gasteiger partial charge in [0.2, 0.25) is 0 Å². The van der Waals surface area contributed by atoms with E-state index in [9.17, 15) is 0 Å². The maximum absolute atomic E-state index is 4.83. The molecule has 0 saturated heterocycles. The minimum Gasteiger partial charge on any atom is -0.287 e. The maximum Gasteiger partial charge on any atom is 0.0725 e. The Bertz CT molecular complexity index is 2020. The summed E-state index contributed by atoms with van der Waals surface area (Å²) in [4.78, 5) is 9.65. The van der Waals surface area contributed by atoms with E-state index in [2.05, 4.69) is 147 Å². The third-order valence-electron chi connectivity index (χ3n) is 9.73. The lowest BCUT2D eigenvalue weighted by Crippen LogP contribution is -2.26. The lowest BCUT2D eigenvalue weighted by Gasteiger charge is -2.31. The van der Waals surface area contributed by atoms with Gasteiger partial charge in [0.1, 0.15) is 0 Å². The second-order valence-electron chi connectivity index (χ2n) is 12.2. The molecule has 0 aliphatic heterocycles. The van der Waals surface area contributed by atoms with Crippen molar-refractivity contribution in [3.8, 4) is 22.3 Å². The molecule has 45 heavy (non-hydrogen) atoms. The van der Waals surface area contributed by atoms with Gasteiger partial charge in [-0.05, 0) is 70.5 Å². The van der Waals surface area contributed by atoms with Gasteiger partial charge in [0.15, 0.2) is 0 Å². The van der Waals surface area contributed by atoms with Crippen LogP contribution in [0.4, 0.5) is 0 Å². The van der Waals surface area contributed by atoms with Crippen molar-refractivity contribution in [3.63, 3.8) is 0 Å². The van der Waals surface area contributed by atoms with Crippen LogP contribution in [0.25, 0.3) is 22.3 Å². The van der Waals surface area contributed by atoms with Gasteiger partial charge in [0, 0.05) is 36.3 Å². The van der Waals surface area contributed by atoms with E-state index in [1.54, 1.807) is 0 Å². The largest absolute Gasteiger partial charge is 0.287 e. The smallest absolute Gasteiger partial charge is 0.0725 e. The van der Waals surface area contributed by atoms with E-state index in [1.807, 2.05) is 14.1 Å². The molecule has 2 nitrogen and oxygen atoms in total. The maximum atomic E-state index is 4.83. The number of rotatable bonds is 4. The number of fused-ring (bicyclic) bond motifs is 10. The van der Waals surface area contributed by atoms with E-state index < -0.39 is 5.41 Å². The lowest BCUT2D eigenvalue weighted by atomic mass is 9.70. The van der Waals surface area contributed by atoms with Crippen LogP contribution in [0, 0.1) is 13.8 Å². The normalized spacial score (nSPS) is 16.4. The Hall–Kier alpha value is -5.34. The first-order chi connectivity index (χ1) is 22.0.